The van der Waals surface area contributed by atoms with Crippen molar-refractivity contribution in [2.24, 2.45) is 0 Å². The number of unbranched alkanes of at least 4 members (excludes halogenated alkanes) is 5. The fourth-order valence-electron chi connectivity index (χ4n) is 3.12. The molecule has 164 valence electrons. The van der Waals surface area contributed by atoms with E-state index in [0.29, 0.717) is 17.9 Å². The second-order valence-corrected chi connectivity index (χ2v) is 7.61. The van der Waals surface area contributed by atoms with Crippen molar-refractivity contribution in [2.75, 3.05) is 13.2 Å². The van der Waals surface area contributed by atoms with E-state index in [1.165, 1.54) is 32.1 Å². The fourth-order valence-corrected chi connectivity index (χ4v) is 3.12. The topological polar surface area (TPSA) is 44.8 Å². The molecule has 0 heterocycles. The lowest BCUT2D eigenvalue weighted by Crippen LogP contribution is -2.09. The van der Waals surface area contributed by atoms with Crippen molar-refractivity contribution in [1.82, 2.24) is 0 Å². The molecule has 0 fully saturated rings. The van der Waals surface area contributed by atoms with Crippen molar-refractivity contribution in [2.45, 2.75) is 71.8 Å². The van der Waals surface area contributed by atoms with Gasteiger partial charge in [0.1, 0.15) is 11.5 Å². The van der Waals surface area contributed by atoms with Crippen LogP contribution < -0.4 is 9.47 Å². The molecule has 1 atom stereocenters. The van der Waals surface area contributed by atoms with Crippen LogP contribution >= 0.6 is 0 Å². The Bertz CT molecular complexity index is 722. The van der Waals surface area contributed by atoms with Gasteiger partial charge in [-0.25, -0.2) is 4.79 Å². The zero-order valence-corrected chi connectivity index (χ0v) is 18.7. The Morgan fingerprint density at radius 2 is 1.40 bits per heavy atom. The fraction of sp³-hybridized carbons (Fsp3) is 0.500. The largest absolute Gasteiger partial charge is 0.494 e. The molecule has 0 bridgehead atoms. The van der Waals surface area contributed by atoms with Crippen LogP contribution in [0.3, 0.4) is 0 Å². The van der Waals surface area contributed by atoms with Gasteiger partial charge in [0, 0.05) is 6.61 Å². The van der Waals surface area contributed by atoms with Gasteiger partial charge in [-0.05, 0) is 61.7 Å². The van der Waals surface area contributed by atoms with Crippen molar-refractivity contribution < 1.29 is 19.0 Å². The first-order valence-electron chi connectivity index (χ1n) is 11.3. The summed E-state index contributed by atoms with van der Waals surface area (Å²) in [6.07, 6.45) is 8.50. The number of carbonyl (C=O) groups excluding carboxylic acids is 1. The molecule has 0 spiro atoms. The molecule has 2 rings (SSSR count). The van der Waals surface area contributed by atoms with Gasteiger partial charge >= 0.3 is 5.97 Å². The summed E-state index contributed by atoms with van der Waals surface area (Å²) in [5.41, 5.74) is 1.59. The minimum absolute atomic E-state index is 0.0152. The van der Waals surface area contributed by atoms with Gasteiger partial charge in [0.2, 0.25) is 0 Å². The standard InChI is InChI=1S/C26H36O4/c1-4-6-7-8-9-10-20-28-21(3)22-11-13-23(14-12-22)26(27)30-25-17-15-24(16-18-25)29-19-5-2/h11-18,21H,4-10,19-20H2,1-3H3. The van der Waals surface area contributed by atoms with Crippen LogP contribution in [0, 0.1) is 0 Å². The van der Waals surface area contributed by atoms with Gasteiger partial charge in [0.25, 0.3) is 0 Å². The van der Waals surface area contributed by atoms with E-state index in [1.807, 2.05) is 31.2 Å². The molecule has 30 heavy (non-hydrogen) atoms. The van der Waals surface area contributed by atoms with Gasteiger partial charge in [0.15, 0.2) is 0 Å². The lowest BCUT2D eigenvalue weighted by atomic mass is 10.1. The second-order valence-electron chi connectivity index (χ2n) is 7.61. The van der Waals surface area contributed by atoms with E-state index in [1.54, 1.807) is 24.3 Å². The molecule has 1 unspecified atom stereocenters. The molecule has 4 heteroatoms. The van der Waals surface area contributed by atoms with Crippen LogP contribution in [0.4, 0.5) is 0 Å². The van der Waals surface area contributed by atoms with Crippen molar-refractivity contribution >= 4 is 5.97 Å². The first kappa shape index (κ1) is 23.9. The van der Waals surface area contributed by atoms with Crippen LogP contribution in [-0.2, 0) is 4.74 Å². The summed E-state index contributed by atoms with van der Waals surface area (Å²) in [5, 5.41) is 0. The van der Waals surface area contributed by atoms with E-state index in [-0.39, 0.29) is 12.1 Å². The van der Waals surface area contributed by atoms with Crippen LogP contribution in [0.1, 0.15) is 87.7 Å². The lowest BCUT2D eigenvalue weighted by molar-refractivity contribution is 0.0626. The molecule has 0 saturated carbocycles. The number of hydrogen-bond donors (Lipinski definition) is 0. The number of benzene rings is 2. The highest BCUT2D eigenvalue weighted by molar-refractivity contribution is 5.91. The zero-order valence-electron chi connectivity index (χ0n) is 18.7. The van der Waals surface area contributed by atoms with Crippen LogP contribution in [0.2, 0.25) is 0 Å². The SMILES string of the molecule is CCCCCCCCOC(C)c1ccc(C(=O)Oc2ccc(OCCC)cc2)cc1. The van der Waals surface area contributed by atoms with Gasteiger partial charge in [0.05, 0.1) is 18.3 Å². The van der Waals surface area contributed by atoms with Crippen molar-refractivity contribution in [3.8, 4) is 11.5 Å². The predicted molar refractivity (Wildman–Crippen MR) is 121 cm³/mol. The molecule has 4 nitrogen and oxygen atoms in total. The van der Waals surface area contributed by atoms with Crippen LogP contribution in [-0.4, -0.2) is 19.2 Å². The zero-order chi connectivity index (χ0) is 21.6. The molecule has 0 aliphatic rings. The first-order chi connectivity index (χ1) is 14.6. The number of hydrogen-bond acceptors (Lipinski definition) is 4. The average Bonchev–Trinajstić information content (AvgIpc) is 2.78. The van der Waals surface area contributed by atoms with Crippen LogP contribution in [0.25, 0.3) is 0 Å². The Labute approximate surface area is 181 Å². The molecular formula is C26H36O4. The van der Waals surface area contributed by atoms with E-state index in [4.69, 9.17) is 14.2 Å². The summed E-state index contributed by atoms with van der Waals surface area (Å²) >= 11 is 0. The summed E-state index contributed by atoms with van der Waals surface area (Å²) in [6.45, 7) is 7.79. The summed E-state index contributed by atoms with van der Waals surface area (Å²) in [4.78, 5) is 12.4. The molecule has 2 aromatic carbocycles. The van der Waals surface area contributed by atoms with Crippen molar-refractivity contribution in [1.29, 1.82) is 0 Å². The van der Waals surface area contributed by atoms with Gasteiger partial charge < -0.3 is 14.2 Å². The highest BCUT2D eigenvalue weighted by Gasteiger charge is 2.11. The summed E-state index contributed by atoms with van der Waals surface area (Å²) in [5.74, 6) is 0.906. The van der Waals surface area contributed by atoms with Crippen LogP contribution in [0.15, 0.2) is 48.5 Å². The second kappa shape index (κ2) is 13.8. The van der Waals surface area contributed by atoms with E-state index in [9.17, 15) is 4.79 Å². The highest BCUT2D eigenvalue weighted by atomic mass is 16.5. The third kappa shape index (κ3) is 8.58. The smallest absolute Gasteiger partial charge is 0.343 e. The van der Waals surface area contributed by atoms with Crippen molar-refractivity contribution in [3.05, 3.63) is 59.7 Å². The van der Waals surface area contributed by atoms with Gasteiger partial charge in [-0.15, -0.1) is 0 Å². The monoisotopic (exact) mass is 412 g/mol. The maximum absolute atomic E-state index is 12.4. The maximum Gasteiger partial charge on any atom is 0.343 e. The van der Waals surface area contributed by atoms with Gasteiger partial charge in [-0.1, -0.05) is 58.1 Å². The molecule has 0 N–H and O–H groups in total. The van der Waals surface area contributed by atoms with Crippen LogP contribution in [0.5, 0.6) is 11.5 Å². The molecule has 0 aliphatic heterocycles. The predicted octanol–water partition coefficient (Wildman–Crippen LogP) is 7.13. The first-order valence-corrected chi connectivity index (χ1v) is 11.3. The number of rotatable bonds is 14. The third-order valence-corrected chi connectivity index (χ3v) is 4.99. The maximum atomic E-state index is 12.4. The molecule has 0 saturated heterocycles. The Morgan fingerprint density at radius 3 is 2.07 bits per heavy atom. The van der Waals surface area contributed by atoms with E-state index >= 15 is 0 Å². The normalized spacial score (nSPS) is 11.8. The van der Waals surface area contributed by atoms with E-state index in [2.05, 4.69) is 13.8 Å². The Balaban J connectivity index is 1.76. The summed E-state index contributed by atoms with van der Waals surface area (Å²) < 4.78 is 16.9. The Morgan fingerprint density at radius 1 is 0.767 bits per heavy atom. The Hall–Kier alpha value is -2.33. The molecular weight excluding hydrogens is 376 g/mol. The number of carbonyl (C=O) groups is 1. The van der Waals surface area contributed by atoms with Crippen molar-refractivity contribution in [3.63, 3.8) is 0 Å². The summed E-state index contributed by atoms with van der Waals surface area (Å²) in [6, 6.07) is 14.6. The average molecular weight is 413 g/mol. The molecule has 0 aliphatic carbocycles. The molecule has 0 radical (unpaired) electrons. The highest BCUT2D eigenvalue weighted by Crippen LogP contribution is 2.21. The van der Waals surface area contributed by atoms with E-state index < -0.39 is 0 Å². The molecule has 0 aromatic heterocycles. The van der Waals surface area contributed by atoms with Gasteiger partial charge in [-0.3, -0.25) is 0 Å². The van der Waals surface area contributed by atoms with E-state index in [0.717, 1.165) is 30.8 Å². The summed E-state index contributed by atoms with van der Waals surface area (Å²) in [7, 11) is 0. The van der Waals surface area contributed by atoms with Gasteiger partial charge in [-0.2, -0.15) is 0 Å². The Kier molecular flexibility index (Phi) is 11.0. The third-order valence-electron chi connectivity index (χ3n) is 4.99. The quantitative estimate of drug-likeness (QED) is 0.188. The minimum atomic E-state index is -0.371. The minimum Gasteiger partial charge on any atom is -0.494 e. The lowest BCUT2D eigenvalue weighted by Gasteiger charge is -2.14. The number of ether oxygens (including phenoxy) is 3. The number of esters is 1. The molecule has 0 amide bonds. The molecule has 2 aromatic rings.